The van der Waals surface area contributed by atoms with E-state index in [1.54, 1.807) is 0 Å². The van der Waals surface area contributed by atoms with Crippen molar-refractivity contribution in [2.75, 3.05) is 0 Å². The summed E-state index contributed by atoms with van der Waals surface area (Å²) in [6.07, 6.45) is 5.40. The van der Waals surface area contributed by atoms with Crippen LogP contribution in [-0.2, 0) is 0 Å². The minimum atomic E-state index is -0.143. The zero-order chi connectivity index (χ0) is 18.4. The van der Waals surface area contributed by atoms with E-state index in [1.165, 1.54) is 24.6 Å². The van der Waals surface area contributed by atoms with Gasteiger partial charge in [0.25, 0.3) is 0 Å². The van der Waals surface area contributed by atoms with Crippen molar-refractivity contribution in [2.45, 2.75) is 58.9 Å². The summed E-state index contributed by atoms with van der Waals surface area (Å²) in [5.41, 5.74) is 7.18. The monoisotopic (exact) mass is 345 g/mol. The van der Waals surface area contributed by atoms with E-state index in [4.69, 9.17) is 5.73 Å². The molecule has 4 nitrogen and oxygen atoms in total. The van der Waals surface area contributed by atoms with Gasteiger partial charge in [0.05, 0.1) is 0 Å². The Morgan fingerprint density at radius 3 is 2.44 bits per heavy atom. The summed E-state index contributed by atoms with van der Waals surface area (Å²) in [6.45, 7) is 6.78. The SMILES string of the molecule is C[C@H]1[C@H](C(=O)c2cc(O)cc(O)c2)[C@@H]2CCCC(C)(C)[C@@H](C2)C[C@H]1N. The lowest BCUT2D eigenvalue weighted by Crippen LogP contribution is -2.39. The Balaban J connectivity index is 1.97. The van der Waals surface area contributed by atoms with E-state index in [0.29, 0.717) is 17.4 Å². The molecule has 0 heterocycles. The van der Waals surface area contributed by atoms with Crippen LogP contribution in [0.25, 0.3) is 0 Å². The van der Waals surface area contributed by atoms with Gasteiger partial charge in [0.1, 0.15) is 11.5 Å². The number of ketones is 1. The van der Waals surface area contributed by atoms with Crippen molar-refractivity contribution in [1.82, 2.24) is 0 Å². The Kier molecular flexibility index (Phi) is 4.84. The molecule has 4 heteroatoms. The second kappa shape index (κ2) is 6.64. The molecule has 1 aromatic carbocycles. The molecule has 3 rings (SSSR count). The summed E-state index contributed by atoms with van der Waals surface area (Å²) in [5.74, 6) is 0.693. The summed E-state index contributed by atoms with van der Waals surface area (Å²) in [4.78, 5) is 13.3. The highest BCUT2D eigenvalue weighted by atomic mass is 16.3. The molecule has 2 fully saturated rings. The predicted molar refractivity (Wildman–Crippen MR) is 98.6 cm³/mol. The van der Waals surface area contributed by atoms with Crippen LogP contribution < -0.4 is 5.73 Å². The lowest BCUT2D eigenvalue weighted by molar-refractivity contribution is 0.0790. The Morgan fingerprint density at radius 2 is 1.80 bits per heavy atom. The molecule has 5 atom stereocenters. The molecule has 25 heavy (non-hydrogen) atoms. The smallest absolute Gasteiger partial charge is 0.166 e. The van der Waals surface area contributed by atoms with Crippen LogP contribution in [-0.4, -0.2) is 22.0 Å². The fourth-order valence-corrected chi connectivity index (χ4v) is 5.19. The number of carbonyl (C=O) groups excluding carboxylic acids is 1. The third-order valence-corrected chi connectivity index (χ3v) is 6.88. The molecule has 4 N–H and O–H groups in total. The molecule has 0 spiro atoms. The normalized spacial score (nSPS) is 34.8. The van der Waals surface area contributed by atoms with Gasteiger partial charge in [-0.2, -0.15) is 0 Å². The molecular weight excluding hydrogens is 314 g/mol. The first-order chi connectivity index (χ1) is 11.7. The lowest BCUT2D eigenvalue weighted by atomic mass is 9.72. The molecule has 0 radical (unpaired) electrons. The number of phenols is 2. The third kappa shape index (κ3) is 3.55. The van der Waals surface area contributed by atoms with E-state index in [-0.39, 0.29) is 40.6 Å². The molecule has 0 unspecified atom stereocenters. The van der Waals surface area contributed by atoms with Crippen LogP contribution in [0.4, 0.5) is 0 Å². The number of carbonyl (C=O) groups is 1. The average molecular weight is 345 g/mol. The van der Waals surface area contributed by atoms with Crippen molar-refractivity contribution in [3.05, 3.63) is 23.8 Å². The van der Waals surface area contributed by atoms with E-state index in [9.17, 15) is 15.0 Å². The van der Waals surface area contributed by atoms with Gasteiger partial charge in [-0.15, -0.1) is 0 Å². The minimum absolute atomic E-state index is 0.00670. The highest BCUT2D eigenvalue weighted by Gasteiger charge is 2.45. The van der Waals surface area contributed by atoms with Gasteiger partial charge in [-0.25, -0.2) is 0 Å². The number of nitrogens with two attached hydrogens (primary N) is 1. The van der Waals surface area contributed by atoms with Gasteiger partial charge in [-0.05, 0) is 61.0 Å². The highest BCUT2D eigenvalue weighted by molar-refractivity contribution is 5.99. The maximum absolute atomic E-state index is 13.3. The molecule has 2 bridgehead atoms. The molecule has 0 aliphatic heterocycles. The Morgan fingerprint density at radius 1 is 1.16 bits per heavy atom. The standard InChI is InChI=1S/C21H31NO3/c1-12-18(22)10-15-7-13(5-4-6-21(15,2)3)19(12)20(25)14-8-16(23)11-17(24)9-14/h8-9,11-13,15,18-19,23-24H,4-7,10,22H2,1-3H3/t12-,13-,15+,18-,19+/m1/s1. The molecule has 1 aromatic rings. The van der Waals surface area contributed by atoms with Crippen molar-refractivity contribution < 1.29 is 15.0 Å². The number of rotatable bonds is 2. The predicted octanol–water partition coefficient (Wildman–Crippen LogP) is 4.10. The highest BCUT2D eigenvalue weighted by Crippen LogP contribution is 2.50. The quantitative estimate of drug-likeness (QED) is 0.705. The summed E-state index contributed by atoms with van der Waals surface area (Å²) in [7, 11) is 0. The van der Waals surface area contributed by atoms with E-state index >= 15 is 0 Å². The molecule has 0 saturated heterocycles. The third-order valence-electron chi connectivity index (χ3n) is 6.88. The fourth-order valence-electron chi connectivity index (χ4n) is 5.19. The minimum Gasteiger partial charge on any atom is -0.508 e. The zero-order valence-electron chi connectivity index (χ0n) is 15.5. The van der Waals surface area contributed by atoms with Gasteiger partial charge in [-0.3, -0.25) is 4.79 Å². The van der Waals surface area contributed by atoms with Gasteiger partial charge in [0.2, 0.25) is 0 Å². The maximum atomic E-state index is 13.3. The summed E-state index contributed by atoms with van der Waals surface area (Å²) in [6, 6.07) is 4.18. The van der Waals surface area contributed by atoms with Crippen molar-refractivity contribution in [3.8, 4) is 11.5 Å². The summed E-state index contributed by atoms with van der Waals surface area (Å²) >= 11 is 0. The van der Waals surface area contributed by atoms with Gasteiger partial charge in [-0.1, -0.05) is 27.2 Å². The van der Waals surface area contributed by atoms with Crippen LogP contribution in [0, 0.1) is 29.1 Å². The summed E-state index contributed by atoms with van der Waals surface area (Å²) < 4.78 is 0. The molecule has 2 saturated carbocycles. The molecule has 0 aromatic heterocycles. The van der Waals surface area contributed by atoms with E-state index in [1.807, 2.05) is 0 Å². The van der Waals surface area contributed by atoms with Crippen molar-refractivity contribution in [2.24, 2.45) is 34.8 Å². The van der Waals surface area contributed by atoms with Crippen LogP contribution in [0.5, 0.6) is 11.5 Å². The van der Waals surface area contributed by atoms with Gasteiger partial charge >= 0.3 is 0 Å². The van der Waals surface area contributed by atoms with E-state index in [2.05, 4.69) is 20.8 Å². The van der Waals surface area contributed by atoms with Crippen LogP contribution >= 0.6 is 0 Å². The summed E-state index contributed by atoms with van der Waals surface area (Å²) in [5, 5.41) is 19.5. The molecule has 0 amide bonds. The zero-order valence-corrected chi connectivity index (χ0v) is 15.5. The fraction of sp³-hybridized carbons (Fsp3) is 0.667. The molecule has 138 valence electrons. The number of hydrogen-bond acceptors (Lipinski definition) is 4. The number of benzene rings is 1. The largest absolute Gasteiger partial charge is 0.508 e. The Labute approximate surface area is 150 Å². The van der Waals surface area contributed by atoms with Gasteiger partial charge in [0, 0.05) is 23.6 Å². The van der Waals surface area contributed by atoms with Crippen LogP contribution in [0.2, 0.25) is 0 Å². The molecule has 2 aliphatic rings. The number of hydrogen-bond donors (Lipinski definition) is 3. The van der Waals surface area contributed by atoms with Crippen molar-refractivity contribution in [1.29, 1.82) is 0 Å². The first-order valence-electron chi connectivity index (χ1n) is 9.52. The molecule has 2 aliphatic carbocycles. The van der Waals surface area contributed by atoms with Crippen molar-refractivity contribution >= 4 is 5.78 Å². The maximum Gasteiger partial charge on any atom is 0.166 e. The molecular formula is C21H31NO3. The number of fused-ring (bicyclic) bond motifs is 2. The number of phenolic OH excluding ortho intramolecular Hbond substituents is 2. The van der Waals surface area contributed by atoms with Crippen LogP contribution in [0.1, 0.15) is 63.2 Å². The lowest BCUT2D eigenvalue weighted by Gasteiger charge is -2.34. The number of aromatic hydroxyl groups is 2. The topological polar surface area (TPSA) is 83.5 Å². The number of Topliss-reactive ketones (excluding diaryl/α,β-unsaturated/α-hetero) is 1. The van der Waals surface area contributed by atoms with Gasteiger partial charge in [0.15, 0.2) is 5.78 Å². The van der Waals surface area contributed by atoms with E-state index in [0.717, 1.165) is 25.7 Å². The first-order valence-corrected chi connectivity index (χ1v) is 9.52. The Bertz CT molecular complexity index is 634. The Hall–Kier alpha value is -1.55. The first kappa shape index (κ1) is 18.2. The average Bonchev–Trinajstić information content (AvgIpc) is 2.72. The second-order valence-electron chi connectivity index (χ2n) is 8.96. The van der Waals surface area contributed by atoms with Crippen LogP contribution in [0.3, 0.4) is 0 Å². The second-order valence-corrected chi connectivity index (χ2v) is 8.96. The van der Waals surface area contributed by atoms with Gasteiger partial charge < -0.3 is 15.9 Å². The van der Waals surface area contributed by atoms with Crippen molar-refractivity contribution in [3.63, 3.8) is 0 Å². The van der Waals surface area contributed by atoms with Crippen LogP contribution in [0.15, 0.2) is 18.2 Å². The van der Waals surface area contributed by atoms with E-state index < -0.39 is 0 Å².